The smallest absolute Gasteiger partial charge is 0.307 e. The second-order valence-corrected chi connectivity index (χ2v) is 8.33. The van der Waals surface area contributed by atoms with Crippen molar-refractivity contribution in [3.8, 4) is 34.3 Å². The summed E-state index contributed by atoms with van der Waals surface area (Å²) >= 11 is 0. The van der Waals surface area contributed by atoms with Crippen molar-refractivity contribution < 1.29 is 28.8 Å². The molecule has 0 aliphatic carbocycles. The molecule has 2 heterocycles. The molecule has 0 spiro atoms. The van der Waals surface area contributed by atoms with E-state index in [0.717, 1.165) is 22.6 Å². The Balaban J connectivity index is 1.47. The molecule has 2 N–H and O–H groups in total. The summed E-state index contributed by atoms with van der Waals surface area (Å²) in [6.45, 7) is 5.48. The van der Waals surface area contributed by atoms with Gasteiger partial charge in [-0.25, -0.2) is 9.97 Å². The first kappa shape index (κ1) is 24.1. The van der Waals surface area contributed by atoms with E-state index in [2.05, 4.69) is 15.3 Å². The molecule has 1 aliphatic rings. The zero-order valence-corrected chi connectivity index (χ0v) is 20.0. The number of ether oxygens (including phenoxy) is 4. The fraction of sp³-hybridized carbons (Fsp3) is 0.346. The van der Waals surface area contributed by atoms with E-state index in [1.54, 1.807) is 13.2 Å². The van der Waals surface area contributed by atoms with Gasteiger partial charge in [0.2, 0.25) is 0 Å². The number of carbonyl (C=O) groups is 1. The van der Waals surface area contributed by atoms with E-state index in [-0.39, 0.29) is 12.5 Å². The molecule has 3 aromatic rings. The summed E-state index contributed by atoms with van der Waals surface area (Å²) in [7, 11) is 1.64. The predicted octanol–water partition coefficient (Wildman–Crippen LogP) is 3.99. The first-order valence-electron chi connectivity index (χ1n) is 11.5. The predicted molar refractivity (Wildman–Crippen MR) is 131 cm³/mol. The molecule has 1 aromatic heterocycles. The molecule has 0 saturated carbocycles. The van der Waals surface area contributed by atoms with E-state index < -0.39 is 5.97 Å². The molecule has 0 atom stereocenters. The Morgan fingerprint density at radius 2 is 1.83 bits per heavy atom. The Hall–Kier alpha value is -4.01. The lowest BCUT2D eigenvalue weighted by atomic mass is 10.0. The number of methoxy groups -OCH3 is 1. The van der Waals surface area contributed by atoms with Gasteiger partial charge in [-0.1, -0.05) is 12.1 Å². The summed E-state index contributed by atoms with van der Waals surface area (Å²) in [5, 5.41) is 12.5. The standard InChI is InChI=1S/C26H29N3O6/c1-16(2)35-22-10-17(4-5-18(22)12-26(30)31)20-13-25(29-15-28-20)27-7-6-19-11-23-24(14-21(19)32-3)34-9-8-33-23/h4-5,10-11,13-16H,6-9,12H2,1-3H3,(H,30,31)(H,27,28,29). The van der Waals surface area contributed by atoms with E-state index in [0.29, 0.717) is 54.8 Å². The summed E-state index contributed by atoms with van der Waals surface area (Å²) in [4.78, 5) is 19.9. The molecule has 4 rings (SSSR count). The second kappa shape index (κ2) is 10.9. The summed E-state index contributed by atoms with van der Waals surface area (Å²) < 4.78 is 22.7. The zero-order chi connectivity index (χ0) is 24.8. The van der Waals surface area contributed by atoms with Crippen LogP contribution < -0.4 is 24.3 Å². The lowest BCUT2D eigenvalue weighted by Crippen LogP contribution is -2.16. The minimum atomic E-state index is -0.908. The van der Waals surface area contributed by atoms with E-state index in [4.69, 9.17) is 18.9 Å². The Labute approximate surface area is 204 Å². The van der Waals surface area contributed by atoms with Crippen LogP contribution in [0, 0.1) is 0 Å². The van der Waals surface area contributed by atoms with Crippen LogP contribution in [-0.2, 0) is 17.6 Å². The van der Waals surface area contributed by atoms with Gasteiger partial charge in [0.1, 0.15) is 36.9 Å². The molecule has 0 radical (unpaired) electrons. The number of aliphatic carboxylic acids is 1. The first-order valence-corrected chi connectivity index (χ1v) is 11.5. The third kappa shape index (κ3) is 6.11. The highest BCUT2D eigenvalue weighted by Crippen LogP contribution is 2.37. The molecule has 2 aromatic carbocycles. The van der Waals surface area contributed by atoms with Gasteiger partial charge in [0.15, 0.2) is 11.5 Å². The minimum Gasteiger partial charge on any atom is -0.496 e. The summed E-state index contributed by atoms with van der Waals surface area (Å²) in [5.41, 5.74) is 3.14. The molecular weight excluding hydrogens is 450 g/mol. The number of benzene rings is 2. The number of hydrogen-bond acceptors (Lipinski definition) is 8. The van der Waals surface area contributed by atoms with Crippen LogP contribution in [0.3, 0.4) is 0 Å². The third-order valence-electron chi connectivity index (χ3n) is 5.38. The number of rotatable bonds is 10. The largest absolute Gasteiger partial charge is 0.496 e. The van der Waals surface area contributed by atoms with Gasteiger partial charge in [0.25, 0.3) is 0 Å². The summed E-state index contributed by atoms with van der Waals surface area (Å²) in [6, 6.07) is 11.1. The van der Waals surface area contributed by atoms with Crippen molar-refractivity contribution in [2.24, 2.45) is 0 Å². The van der Waals surface area contributed by atoms with Crippen LogP contribution in [0.25, 0.3) is 11.3 Å². The number of nitrogens with one attached hydrogen (secondary N) is 1. The Bertz CT molecular complexity index is 1200. The van der Waals surface area contributed by atoms with E-state index in [9.17, 15) is 9.90 Å². The monoisotopic (exact) mass is 479 g/mol. The molecule has 0 bridgehead atoms. The quantitative estimate of drug-likeness (QED) is 0.446. The maximum atomic E-state index is 11.2. The highest BCUT2D eigenvalue weighted by atomic mass is 16.6. The van der Waals surface area contributed by atoms with Gasteiger partial charge in [-0.15, -0.1) is 0 Å². The van der Waals surface area contributed by atoms with Crippen LogP contribution in [0.4, 0.5) is 5.82 Å². The van der Waals surface area contributed by atoms with Crippen molar-refractivity contribution in [2.45, 2.75) is 32.8 Å². The lowest BCUT2D eigenvalue weighted by Gasteiger charge is -2.20. The molecule has 9 heteroatoms. The molecule has 9 nitrogen and oxygen atoms in total. The number of fused-ring (bicyclic) bond motifs is 1. The van der Waals surface area contributed by atoms with Crippen LogP contribution in [0.15, 0.2) is 42.7 Å². The SMILES string of the molecule is COc1cc2c(cc1CCNc1cc(-c3ccc(CC(=O)O)c(OC(C)C)c3)ncn1)OCCO2. The van der Waals surface area contributed by atoms with Crippen LogP contribution in [-0.4, -0.2) is 54.0 Å². The van der Waals surface area contributed by atoms with Gasteiger partial charge in [-0.05, 0) is 38.0 Å². The van der Waals surface area contributed by atoms with Crippen molar-refractivity contribution >= 4 is 11.8 Å². The average molecular weight is 480 g/mol. The lowest BCUT2D eigenvalue weighted by molar-refractivity contribution is -0.136. The van der Waals surface area contributed by atoms with E-state index >= 15 is 0 Å². The number of hydrogen-bond donors (Lipinski definition) is 2. The number of carboxylic acid groups (broad SMARTS) is 1. The van der Waals surface area contributed by atoms with Crippen LogP contribution >= 0.6 is 0 Å². The Kier molecular flexibility index (Phi) is 7.54. The number of anilines is 1. The summed E-state index contributed by atoms with van der Waals surface area (Å²) in [6.07, 6.45) is 1.99. The Morgan fingerprint density at radius 1 is 1.06 bits per heavy atom. The molecular formula is C26H29N3O6. The highest BCUT2D eigenvalue weighted by Gasteiger charge is 2.17. The molecule has 0 saturated heterocycles. The second-order valence-electron chi connectivity index (χ2n) is 8.33. The van der Waals surface area contributed by atoms with Gasteiger partial charge in [0, 0.05) is 29.8 Å². The van der Waals surface area contributed by atoms with Crippen molar-refractivity contribution in [3.63, 3.8) is 0 Å². The minimum absolute atomic E-state index is 0.0852. The van der Waals surface area contributed by atoms with Gasteiger partial charge in [-0.3, -0.25) is 4.79 Å². The molecule has 0 fully saturated rings. The van der Waals surface area contributed by atoms with Gasteiger partial charge in [-0.2, -0.15) is 0 Å². The first-order chi connectivity index (χ1) is 16.9. The normalized spacial score (nSPS) is 12.3. The molecule has 1 aliphatic heterocycles. The Morgan fingerprint density at radius 3 is 2.54 bits per heavy atom. The molecule has 0 amide bonds. The van der Waals surface area contributed by atoms with Crippen molar-refractivity contribution in [1.82, 2.24) is 9.97 Å². The van der Waals surface area contributed by atoms with E-state index in [1.807, 2.05) is 44.2 Å². The van der Waals surface area contributed by atoms with E-state index in [1.165, 1.54) is 6.33 Å². The number of carboxylic acids is 1. The van der Waals surface area contributed by atoms with Gasteiger partial charge in [0.05, 0.1) is 25.3 Å². The number of nitrogens with zero attached hydrogens (tertiary/aromatic N) is 2. The van der Waals surface area contributed by atoms with Crippen molar-refractivity contribution in [1.29, 1.82) is 0 Å². The topological polar surface area (TPSA) is 112 Å². The highest BCUT2D eigenvalue weighted by molar-refractivity contribution is 5.73. The van der Waals surface area contributed by atoms with Gasteiger partial charge >= 0.3 is 5.97 Å². The van der Waals surface area contributed by atoms with Crippen LogP contribution in [0.2, 0.25) is 0 Å². The third-order valence-corrected chi connectivity index (χ3v) is 5.38. The maximum absolute atomic E-state index is 11.2. The zero-order valence-electron chi connectivity index (χ0n) is 20.0. The average Bonchev–Trinajstić information content (AvgIpc) is 2.84. The van der Waals surface area contributed by atoms with Gasteiger partial charge < -0.3 is 29.4 Å². The maximum Gasteiger partial charge on any atom is 0.307 e. The van der Waals surface area contributed by atoms with Crippen LogP contribution in [0.5, 0.6) is 23.0 Å². The number of aromatic nitrogens is 2. The fourth-order valence-electron chi connectivity index (χ4n) is 3.82. The van der Waals surface area contributed by atoms with Crippen molar-refractivity contribution in [3.05, 3.63) is 53.9 Å². The fourth-order valence-corrected chi connectivity index (χ4v) is 3.82. The molecule has 184 valence electrons. The molecule has 0 unspecified atom stereocenters. The van der Waals surface area contributed by atoms with Crippen LogP contribution in [0.1, 0.15) is 25.0 Å². The summed E-state index contributed by atoms with van der Waals surface area (Å²) in [5.74, 6) is 2.47. The molecule has 35 heavy (non-hydrogen) atoms. The van der Waals surface area contributed by atoms with Crippen molar-refractivity contribution in [2.75, 3.05) is 32.2 Å².